The summed E-state index contributed by atoms with van der Waals surface area (Å²) >= 11 is 0. The molecule has 3 heteroatoms. The van der Waals surface area contributed by atoms with E-state index in [-0.39, 0.29) is 10.8 Å². The third-order valence-electron chi connectivity index (χ3n) is 10.3. The molecule has 7 aromatic rings. The van der Waals surface area contributed by atoms with Crippen molar-refractivity contribution in [1.29, 1.82) is 0 Å². The van der Waals surface area contributed by atoms with Crippen LogP contribution in [-0.2, 0) is 10.8 Å². The van der Waals surface area contributed by atoms with Crippen LogP contribution in [0.2, 0.25) is 0 Å². The van der Waals surface area contributed by atoms with E-state index in [1.807, 2.05) is 36.4 Å². The van der Waals surface area contributed by atoms with E-state index >= 15 is 0 Å². The predicted octanol–water partition coefficient (Wildman–Crippen LogP) is 10.9. The first kappa shape index (κ1) is 28.1. The molecule has 3 nitrogen and oxygen atoms in total. The van der Waals surface area contributed by atoms with Crippen LogP contribution in [0.15, 0.2) is 140 Å². The van der Waals surface area contributed by atoms with E-state index in [0.717, 1.165) is 33.0 Å². The molecule has 0 atom stereocenters. The zero-order valence-electron chi connectivity index (χ0n) is 26.6. The summed E-state index contributed by atoms with van der Waals surface area (Å²) in [5.41, 5.74) is 10.6. The molecule has 0 amide bonds. The van der Waals surface area contributed by atoms with Gasteiger partial charge in [0.25, 0.3) is 0 Å². The van der Waals surface area contributed by atoms with E-state index in [1.165, 1.54) is 27.8 Å². The summed E-state index contributed by atoms with van der Waals surface area (Å²) < 4.78 is 0. The lowest BCUT2D eigenvalue weighted by atomic mass is 9.55. The molecule has 46 heavy (non-hydrogen) atoms. The average Bonchev–Trinajstić information content (AvgIpc) is 3.11. The maximum absolute atomic E-state index is 5.10. The molecule has 1 aliphatic carbocycles. The third-order valence-corrected chi connectivity index (χ3v) is 10.3. The lowest BCUT2D eigenvalue weighted by Crippen LogP contribution is -2.43. The fourth-order valence-corrected chi connectivity index (χ4v) is 7.00. The maximum atomic E-state index is 5.10. The quantitative estimate of drug-likeness (QED) is 0.204. The van der Waals surface area contributed by atoms with Gasteiger partial charge in [0.05, 0.1) is 0 Å². The van der Waals surface area contributed by atoms with Crippen LogP contribution in [0, 0.1) is 0 Å². The minimum Gasteiger partial charge on any atom is -0.208 e. The smallest absolute Gasteiger partial charge is 0.164 e. The molecule has 0 radical (unpaired) electrons. The molecule has 1 aliphatic rings. The van der Waals surface area contributed by atoms with Gasteiger partial charge in [-0.1, -0.05) is 149 Å². The molecule has 0 aliphatic heterocycles. The fraction of sp³-hybridized carbons (Fsp3) is 0.140. The van der Waals surface area contributed by atoms with Crippen LogP contribution in [0.25, 0.3) is 67.2 Å². The first-order chi connectivity index (χ1) is 22.3. The van der Waals surface area contributed by atoms with Gasteiger partial charge in [-0.05, 0) is 73.2 Å². The lowest BCUT2D eigenvalue weighted by Gasteiger charge is -2.48. The van der Waals surface area contributed by atoms with Gasteiger partial charge in [0, 0.05) is 16.7 Å². The molecule has 1 aromatic heterocycles. The molecule has 0 saturated heterocycles. The Hall–Kier alpha value is -5.41. The molecule has 0 N–H and O–H groups in total. The SMILES string of the molecule is CC1(C)c2ccccc2-c2ccc(-c3cc(-c4nc(-c5ccccc5)nc(-c5ccccc5)n4)c4ccccc4c3)cc2C1(C)C. The number of rotatable bonds is 4. The Morgan fingerprint density at radius 2 is 0.913 bits per heavy atom. The van der Waals surface area contributed by atoms with Gasteiger partial charge >= 0.3 is 0 Å². The van der Waals surface area contributed by atoms with Gasteiger partial charge in [0.1, 0.15) is 0 Å². The zero-order chi connectivity index (χ0) is 31.5. The van der Waals surface area contributed by atoms with Crippen molar-refractivity contribution >= 4 is 10.8 Å². The Kier molecular flexibility index (Phi) is 6.47. The minimum atomic E-state index is -0.0737. The number of nitrogens with zero attached hydrogens (tertiary/aromatic N) is 3. The molecule has 6 aromatic carbocycles. The Morgan fingerprint density at radius 3 is 1.61 bits per heavy atom. The van der Waals surface area contributed by atoms with Gasteiger partial charge < -0.3 is 0 Å². The third kappa shape index (κ3) is 4.46. The van der Waals surface area contributed by atoms with Gasteiger partial charge in [-0.25, -0.2) is 15.0 Å². The van der Waals surface area contributed by atoms with Crippen LogP contribution in [0.5, 0.6) is 0 Å². The zero-order valence-corrected chi connectivity index (χ0v) is 26.6. The van der Waals surface area contributed by atoms with Crippen LogP contribution < -0.4 is 0 Å². The monoisotopic (exact) mass is 593 g/mol. The second kappa shape index (κ2) is 10.6. The van der Waals surface area contributed by atoms with Crippen LogP contribution in [-0.4, -0.2) is 15.0 Å². The van der Waals surface area contributed by atoms with Crippen LogP contribution in [0.3, 0.4) is 0 Å². The number of aromatic nitrogens is 3. The second-order valence-electron chi connectivity index (χ2n) is 13.3. The van der Waals surface area contributed by atoms with Crippen molar-refractivity contribution in [3.05, 3.63) is 151 Å². The van der Waals surface area contributed by atoms with Gasteiger partial charge in [0.2, 0.25) is 0 Å². The summed E-state index contributed by atoms with van der Waals surface area (Å²) in [4.78, 5) is 15.1. The normalized spacial score (nSPS) is 14.4. The fourth-order valence-electron chi connectivity index (χ4n) is 7.00. The highest BCUT2D eigenvalue weighted by Gasteiger charge is 2.45. The Labute approximate surface area is 270 Å². The van der Waals surface area contributed by atoms with Crippen LogP contribution in [0.1, 0.15) is 38.8 Å². The van der Waals surface area contributed by atoms with E-state index in [9.17, 15) is 0 Å². The van der Waals surface area contributed by atoms with Crippen molar-refractivity contribution in [1.82, 2.24) is 15.0 Å². The molecule has 1 heterocycles. The standard InChI is InChI=1S/C43H35N3/c1-42(2)37-22-14-13-21-34(37)35-24-23-30(27-38(35)43(42,3)4)32-25-31-19-11-12-20-33(31)36(26-32)41-45-39(28-15-7-5-8-16-28)44-40(46-41)29-17-9-6-10-18-29/h5-27H,1-4H3. The first-order valence-corrected chi connectivity index (χ1v) is 16.0. The highest BCUT2D eigenvalue weighted by molar-refractivity contribution is 5.99. The van der Waals surface area contributed by atoms with Gasteiger partial charge in [-0.3, -0.25) is 0 Å². The molecular formula is C43H35N3. The van der Waals surface area contributed by atoms with E-state index in [0.29, 0.717) is 17.5 Å². The summed E-state index contributed by atoms with van der Waals surface area (Å²) in [6.07, 6.45) is 0. The topological polar surface area (TPSA) is 38.7 Å². The highest BCUT2D eigenvalue weighted by atomic mass is 15.0. The van der Waals surface area contributed by atoms with Crippen molar-refractivity contribution in [2.45, 2.75) is 38.5 Å². The van der Waals surface area contributed by atoms with Crippen molar-refractivity contribution in [2.24, 2.45) is 0 Å². The molecule has 0 fully saturated rings. The van der Waals surface area contributed by atoms with E-state index in [1.54, 1.807) is 0 Å². The van der Waals surface area contributed by atoms with E-state index in [2.05, 4.69) is 131 Å². The predicted molar refractivity (Wildman–Crippen MR) is 191 cm³/mol. The average molecular weight is 594 g/mol. The summed E-state index contributed by atoms with van der Waals surface area (Å²) in [5, 5.41) is 2.27. The largest absolute Gasteiger partial charge is 0.208 e. The van der Waals surface area contributed by atoms with Crippen molar-refractivity contribution in [3.63, 3.8) is 0 Å². The van der Waals surface area contributed by atoms with Crippen molar-refractivity contribution in [3.8, 4) is 56.4 Å². The number of fused-ring (bicyclic) bond motifs is 4. The molecule has 0 saturated carbocycles. The molecule has 222 valence electrons. The Bertz CT molecular complexity index is 2190. The molecule has 0 spiro atoms. The highest BCUT2D eigenvalue weighted by Crippen LogP contribution is 2.54. The Balaban J connectivity index is 1.35. The van der Waals surface area contributed by atoms with Crippen LogP contribution in [0.4, 0.5) is 0 Å². The van der Waals surface area contributed by atoms with Gasteiger partial charge in [-0.15, -0.1) is 0 Å². The summed E-state index contributed by atoms with van der Waals surface area (Å²) in [7, 11) is 0. The lowest BCUT2D eigenvalue weighted by molar-refractivity contribution is 0.299. The van der Waals surface area contributed by atoms with Crippen molar-refractivity contribution < 1.29 is 0 Å². The second-order valence-corrected chi connectivity index (χ2v) is 13.3. The van der Waals surface area contributed by atoms with Gasteiger partial charge in [0.15, 0.2) is 17.5 Å². The summed E-state index contributed by atoms with van der Waals surface area (Å²) in [5.74, 6) is 1.99. The Morgan fingerprint density at radius 1 is 0.370 bits per heavy atom. The van der Waals surface area contributed by atoms with Crippen LogP contribution >= 0.6 is 0 Å². The summed E-state index contributed by atoms with van der Waals surface area (Å²) in [6.45, 7) is 9.53. The molecule has 0 bridgehead atoms. The van der Waals surface area contributed by atoms with E-state index in [4.69, 9.17) is 15.0 Å². The summed E-state index contributed by atoms with van der Waals surface area (Å²) in [6, 6.07) is 49.3. The number of benzene rings is 6. The molecule has 8 rings (SSSR count). The van der Waals surface area contributed by atoms with Gasteiger partial charge in [-0.2, -0.15) is 0 Å². The molecule has 0 unspecified atom stereocenters. The minimum absolute atomic E-state index is 0.0314. The maximum Gasteiger partial charge on any atom is 0.164 e. The first-order valence-electron chi connectivity index (χ1n) is 16.0. The number of hydrogen-bond acceptors (Lipinski definition) is 3. The van der Waals surface area contributed by atoms with E-state index < -0.39 is 0 Å². The van der Waals surface area contributed by atoms with Crippen molar-refractivity contribution in [2.75, 3.05) is 0 Å². The molecular weight excluding hydrogens is 558 g/mol. The number of hydrogen-bond donors (Lipinski definition) is 0.